The van der Waals surface area contributed by atoms with Crippen LogP contribution in [0.1, 0.15) is 22.9 Å². The fourth-order valence-corrected chi connectivity index (χ4v) is 3.06. The highest BCUT2D eigenvalue weighted by atomic mass is 79.9. The lowest BCUT2D eigenvalue weighted by molar-refractivity contribution is -0.115. The van der Waals surface area contributed by atoms with Crippen molar-refractivity contribution >= 4 is 43.5 Å². The summed E-state index contributed by atoms with van der Waals surface area (Å²) < 4.78 is 0. The molecule has 0 aromatic heterocycles. The van der Waals surface area contributed by atoms with Gasteiger partial charge in [0.25, 0.3) is 0 Å². The molecule has 21 heavy (non-hydrogen) atoms. The van der Waals surface area contributed by atoms with Crippen molar-refractivity contribution in [1.29, 1.82) is 0 Å². The molecule has 0 aliphatic heterocycles. The fourth-order valence-electron chi connectivity index (χ4n) is 2.09. The number of anilines is 1. The lowest BCUT2D eigenvalue weighted by Gasteiger charge is -2.18. The number of amides is 1. The van der Waals surface area contributed by atoms with Crippen molar-refractivity contribution in [3.8, 4) is 0 Å². The van der Waals surface area contributed by atoms with E-state index in [9.17, 15) is 4.79 Å². The van der Waals surface area contributed by atoms with E-state index in [1.807, 2.05) is 54.6 Å². The summed E-state index contributed by atoms with van der Waals surface area (Å²) in [5.74, 6) is -0.0540. The zero-order valence-corrected chi connectivity index (χ0v) is 14.9. The van der Waals surface area contributed by atoms with Gasteiger partial charge in [0.15, 0.2) is 0 Å². The van der Waals surface area contributed by atoms with Crippen LogP contribution in [0, 0.1) is 0 Å². The number of hydrogen-bond acceptors (Lipinski definition) is 1. The molecule has 4 heteroatoms. The van der Waals surface area contributed by atoms with Crippen LogP contribution in [0.2, 0.25) is 0 Å². The van der Waals surface area contributed by atoms with E-state index in [1.165, 1.54) is 0 Å². The van der Waals surface area contributed by atoms with E-state index >= 15 is 0 Å². The number of benzene rings is 2. The minimum atomic E-state index is -0.343. The van der Waals surface area contributed by atoms with Crippen LogP contribution >= 0.6 is 31.9 Å². The number of alkyl halides is 2. The zero-order valence-electron chi connectivity index (χ0n) is 11.7. The third kappa shape index (κ3) is 4.17. The third-order valence-electron chi connectivity index (χ3n) is 3.28. The molecular formula is C17H17Br2NO. The highest BCUT2D eigenvalue weighted by Crippen LogP contribution is 2.32. The Labute approximate surface area is 142 Å². The zero-order chi connectivity index (χ0) is 15.2. The molecule has 1 amide bonds. The van der Waals surface area contributed by atoms with Gasteiger partial charge in [-0.2, -0.15) is 0 Å². The van der Waals surface area contributed by atoms with Crippen LogP contribution in [0.5, 0.6) is 0 Å². The highest BCUT2D eigenvalue weighted by Gasteiger charge is 2.25. The number of hydrogen-bond donors (Lipinski definition) is 1. The molecule has 2 aromatic rings. The molecular weight excluding hydrogens is 394 g/mol. The lowest BCUT2D eigenvalue weighted by Crippen LogP contribution is -2.26. The molecule has 0 radical (unpaired) electrons. The number of aryl methyl sites for hydroxylation is 1. The van der Waals surface area contributed by atoms with Crippen LogP contribution in [0.3, 0.4) is 0 Å². The van der Waals surface area contributed by atoms with Crippen molar-refractivity contribution in [2.24, 2.45) is 0 Å². The molecule has 0 saturated carbocycles. The predicted molar refractivity (Wildman–Crippen MR) is 95.3 cm³/mol. The molecule has 2 aromatic carbocycles. The first kappa shape index (κ1) is 16.2. The van der Waals surface area contributed by atoms with E-state index in [0.29, 0.717) is 0 Å². The molecule has 0 spiro atoms. The molecule has 1 N–H and O–H groups in total. The molecule has 0 unspecified atom stereocenters. The summed E-state index contributed by atoms with van der Waals surface area (Å²) in [7, 11) is 0. The van der Waals surface area contributed by atoms with E-state index in [-0.39, 0.29) is 15.6 Å². The molecule has 0 fully saturated rings. The minimum Gasteiger partial charge on any atom is -0.325 e. The Bertz CT molecular complexity index is 601. The SMILES string of the molecule is CCc1ccccc1NC(=O)[C@H](Br)[C@H](Br)c1ccccc1. The average molecular weight is 411 g/mol. The Morgan fingerprint density at radius 3 is 2.33 bits per heavy atom. The summed E-state index contributed by atoms with van der Waals surface area (Å²) in [5, 5.41) is 3.00. The summed E-state index contributed by atoms with van der Waals surface area (Å²) >= 11 is 7.08. The molecule has 0 heterocycles. The normalized spacial score (nSPS) is 13.5. The molecule has 0 bridgehead atoms. The van der Waals surface area contributed by atoms with Gasteiger partial charge in [-0.15, -0.1) is 0 Å². The van der Waals surface area contributed by atoms with Crippen molar-refractivity contribution in [1.82, 2.24) is 0 Å². The van der Waals surface area contributed by atoms with E-state index in [4.69, 9.17) is 0 Å². The van der Waals surface area contributed by atoms with Gasteiger partial charge in [-0.25, -0.2) is 0 Å². The summed E-state index contributed by atoms with van der Waals surface area (Å²) in [6, 6.07) is 17.8. The number of para-hydroxylation sites is 1. The van der Waals surface area contributed by atoms with Crippen LogP contribution in [-0.4, -0.2) is 10.7 Å². The maximum Gasteiger partial charge on any atom is 0.239 e. The van der Waals surface area contributed by atoms with Gasteiger partial charge < -0.3 is 5.32 Å². The van der Waals surface area contributed by atoms with Gasteiger partial charge >= 0.3 is 0 Å². The van der Waals surface area contributed by atoms with E-state index in [0.717, 1.165) is 23.2 Å². The monoisotopic (exact) mass is 409 g/mol. The van der Waals surface area contributed by atoms with Crippen LogP contribution in [-0.2, 0) is 11.2 Å². The largest absolute Gasteiger partial charge is 0.325 e. The first-order valence-corrected chi connectivity index (χ1v) is 8.68. The number of carbonyl (C=O) groups is 1. The summed E-state index contributed by atoms with van der Waals surface area (Å²) in [5.41, 5.74) is 3.08. The Hall–Kier alpha value is -1.13. The van der Waals surface area contributed by atoms with Gasteiger partial charge in [-0.1, -0.05) is 87.3 Å². The van der Waals surface area contributed by atoms with Crippen LogP contribution in [0.4, 0.5) is 5.69 Å². The van der Waals surface area contributed by atoms with Gasteiger partial charge in [-0.05, 0) is 23.6 Å². The second-order valence-corrected chi connectivity index (χ2v) is 6.69. The summed E-state index contributed by atoms with van der Waals surface area (Å²) in [4.78, 5) is 12.0. The molecule has 2 rings (SSSR count). The average Bonchev–Trinajstić information content (AvgIpc) is 2.54. The number of halogens is 2. The van der Waals surface area contributed by atoms with E-state index < -0.39 is 0 Å². The number of carbonyl (C=O) groups excluding carboxylic acids is 1. The van der Waals surface area contributed by atoms with Crippen LogP contribution in [0.25, 0.3) is 0 Å². The second kappa shape index (κ2) is 7.76. The third-order valence-corrected chi connectivity index (χ3v) is 5.99. The van der Waals surface area contributed by atoms with E-state index in [1.54, 1.807) is 0 Å². The van der Waals surface area contributed by atoms with Crippen LogP contribution in [0.15, 0.2) is 54.6 Å². The Balaban J connectivity index is 2.09. The summed E-state index contributed by atoms with van der Waals surface area (Å²) in [6.45, 7) is 2.08. The summed E-state index contributed by atoms with van der Waals surface area (Å²) in [6.07, 6.45) is 0.889. The molecule has 0 aliphatic rings. The topological polar surface area (TPSA) is 29.1 Å². The van der Waals surface area contributed by atoms with Gasteiger partial charge in [0, 0.05) is 5.69 Å². The standard InChI is InChI=1S/C17H17Br2NO/c1-2-12-8-6-7-11-14(12)20-17(21)16(19)15(18)13-9-4-3-5-10-13/h3-11,15-16H,2H2,1H3,(H,20,21)/t15-,16-/m1/s1. The predicted octanol–water partition coefficient (Wildman–Crippen LogP) is 5.09. The number of nitrogens with one attached hydrogen (secondary N) is 1. The van der Waals surface area contributed by atoms with Crippen molar-refractivity contribution in [2.75, 3.05) is 5.32 Å². The molecule has 2 atom stereocenters. The van der Waals surface area contributed by atoms with Gasteiger partial charge in [0.2, 0.25) is 5.91 Å². The molecule has 2 nitrogen and oxygen atoms in total. The van der Waals surface area contributed by atoms with Gasteiger partial charge in [0.1, 0.15) is 4.83 Å². The molecule has 0 aliphatic carbocycles. The molecule has 0 saturated heterocycles. The minimum absolute atomic E-state index is 0.0540. The Kier molecular flexibility index (Phi) is 6.00. The Morgan fingerprint density at radius 2 is 1.67 bits per heavy atom. The van der Waals surface area contributed by atoms with Crippen LogP contribution < -0.4 is 5.32 Å². The van der Waals surface area contributed by atoms with Crippen molar-refractivity contribution in [2.45, 2.75) is 23.0 Å². The lowest BCUT2D eigenvalue weighted by atomic mass is 10.1. The number of rotatable bonds is 5. The first-order chi connectivity index (χ1) is 10.1. The van der Waals surface area contributed by atoms with Crippen molar-refractivity contribution < 1.29 is 4.79 Å². The fraction of sp³-hybridized carbons (Fsp3) is 0.235. The maximum atomic E-state index is 12.4. The Morgan fingerprint density at radius 1 is 1.05 bits per heavy atom. The van der Waals surface area contributed by atoms with Crippen molar-refractivity contribution in [3.05, 3.63) is 65.7 Å². The molecule has 110 valence electrons. The first-order valence-electron chi connectivity index (χ1n) is 6.85. The highest BCUT2D eigenvalue weighted by molar-refractivity contribution is 9.12. The van der Waals surface area contributed by atoms with E-state index in [2.05, 4.69) is 44.1 Å². The van der Waals surface area contributed by atoms with Gasteiger partial charge in [-0.3, -0.25) is 4.79 Å². The quantitative estimate of drug-likeness (QED) is 0.683. The van der Waals surface area contributed by atoms with Crippen molar-refractivity contribution in [3.63, 3.8) is 0 Å². The smallest absolute Gasteiger partial charge is 0.239 e. The second-order valence-electron chi connectivity index (χ2n) is 4.71. The van der Waals surface area contributed by atoms with Gasteiger partial charge in [0.05, 0.1) is 4.83 Å². The maximum absolute atomic E-state index is 12.4.